The molecule has 1 N–H and O–H groups in total. The average Bonchev–Trinajstić information content (AvgIpc) is 2.96. The molecule has 0 aliphatic carbocycles. The highest BCUT2D eigenvalue weighted by Gasteiger charge is 2.30. The fourth-order valence-corrected chi connectivity index (χ4v) is 5.55. The van der Waals surface area contributed by atoms with Gasteiger partial charge in [-0.15, -0.1) is 0 Å². The summed E-state index contributed by atoms with van der Waals surface area (Å²) in [4.78, 5) is 28.8. The van der Waals surface area contributed by atoms with Gasteiger partial charge in [0.2, 0.25) is 21.8 Å². The predicted molar refractivity (Wildman–Crippen MR) is 164 cm³/mol. The molecule has 0 spiro atoms. The molecule has 1 atom stereocenters. The van der Waals surface area contributed by atoms with Crippen LogP contribution in [0, 0.1) is 0 Å². The van der Waals surface area contributed by atoms with Gasteiger partial charge in [-0.25, -0.2) is 8.42 Å². The van der Waals surface area contributed by atoms with E-state index in [9.17, 15) is 18.0 Å². The topological polar surface area (TPSA) is 96.0 Å². The third kappa shape index (κ3) is 9.79. The largest absolute Gasteiger partial charge is 0.497 e. The molecule has 41 heavy (non-hydrogen) atoms. The van der Waals surface area contributed by atoms with Gasteiger partial charge >= 0.3 is 0 Å². The van der Waals surface area contributed by atoms with Crippen LogP contribution in [-0.4, -0.2) is 57.6 Å². The molecule has 0 bridgehead atoms. The lowest BCUT2D eigenvalue weighted by Gasteiger charge is -2.32. The second-order valence-corrected chi connectivity index (χ2v) is 12.1. The zero-order chi connectivity index (χ0) is 29.8. The van der Waals surface area contributed by atoms with Crippen molar-refractivity contribution in [3.63, 3.8) is 0 Å². The minimum atomic E-state index is -3.60. The van der Waals surface area contributed by atoms with Crippen molar-refractivity contribution in [1.29, 1.82) is 0 Å². The maximum Gasteiger partial charge on any atom is 0.243 e. The number of halogens is 1. The van der Waals surface area contributed by atoms with Crippen LogP contribution in [-0.2, 0) is 32.6 Å². The molecule has 0 fully saturated rings. The standard InChI is InChI=1S/C31H38ClN3O5S/c1-4-20-33-31(37)29(22-24-9-6-5-7-10-24)34(23-25-12-14-26(32)15-13-25)30(36)11-8-21-35(41(3,38)39)27-16-18-28(40-2)19-17-27/h5-7,9-10,12-19,29H,4,8,11,20-23H2,1-3H3,(H,33,37). The average molecular weight is 600 g/mol. The van der Waals surface area contributed by atoms with Crippen LogP contribution >= 0.6 is 11.6 Å². The first-order valence-corrected chi connectivity index (χ1v) is 15.8. The molecule has 1 unspecified atom stereocenters. The minimum absolute atomic E-state index is 0.0577. The summed E-state index contributed by atoms with van der Waals surface area (Å²) in [5, 5.41) is 3.53. The number of carbonyl (C=O) groups is 2. The van der Waals surface area contributed by atoms with Crippen molar-refractivity contribution in [1.82, 2.24) is 10.2 Å². The molecular weight excluding hydrogens is 562 g/mol. The number of nitrogens with zero attached hydrogens (tertiary/aromatic N) is 2. The van der Waals surface area contributed by atoms with Crippen LogP contribution in [0.5, 0.6) is 5.75 Å². The van der Waals surface area contributed by atoms with Crippen LogP contribution < -0.4 is 14.4 Å². The fourth-order valence-electron chi connectivity index (χ4n) is 4.46. The quantitative estimate of drug-likeness (QED) is 0.263. The van der Waals surface area contributed by atoms with E-state index in [1.54, 1.807) is 41.3 Å². The first-order chi connectivity index (χ1) is 19.6. The highest BCUT2D eigenvalue weighted by atomic mass is 35.5. The maximum absolute atomic E-state index is 13.8. The second-order valence-electron chi connectivity index (χ2n) is 9.78. The number of benzene rings is 3. The lowest BCUT2D eigenvalue weighted by molar-refractivity contribution is -0.141. The second kappa shape index (κ2) is 15.4. The normalized spacial score (nSPS) is 11.9. The van der Waals surface area contributed by atoms with E-state index in [0.29, 0.717) is 29.4 Å². The van der Waals surface area contributed by atoms with Gasteiger partial charge in [-0.05, 0) is 60.4 Å². The van der Waals surface area contributed by atoms with Crippen molar-refractivity contribution in [3.05, 3.63) is 95.0 Å². The number of anilines is 1. The zero-order valence-corrected chi connectivity index (χ0v) is 25.3. The number of amides is 2. The summed E-state index contributed by atoms with van der Waals surface area (Å²) in [7, 11) is -2.06. The Morgan fingerprint density at radius 1 is 0.951 bits per heavy atom. The lowest BCUT2D eigenvalue weighted by atomic mass is 10.0. The van der Waals surface area contributed by atoms with Gasteiger partial charge in [0.25, 0.3) is 0 Å². The van der Waals surface area contributed by atoms with Crippen LogP contribution in [0.3, 0.4) is 0 Å². The number of methoxy groups -OCH3 is 1. The van der Waals surface area contributed by atoms with Crippen molar-refractivity contribution in [2.75, 3.05) is 30.8 Å². The highest BCUT2D eigenvalue weighted by Crippen LogP contribution is 2.23. The lowest BCUT2D eigenvalue weighted by Crippen LogP contribution is -2.50. The van der Waals surface area contributed by atoms with Crippen molar-refractivity contribution in [2.24, 2.45) is 0 Å². The summed E-state index contributed by atoms with van der Waals surface area (Å²) in [5.41, 5.74) is 2.25. The van der Waals surface area contributed by atoms with Crippen molar-refractivity contribution < 1.29 is 22.7 Å². The number of carbonyl (C=O) groups excluding carboxylic acids is 2. The summed E-state index contributed by atoms with van der Waals surface area (Å²) in [6.07, 6.45) is 2.57. The number of ether oxygens (including phenoxy) is 1. The monoisotopic (exact) mass is 599 g/mol. The molecule has 3 rings (SSSR count). The summed E-state index contributed by atoms with van der Waals surface area (Å²) in [6, 6.07) is 22.7. The molecule has 0 aliphatic heterocycles. The van der Waals surface area contributed by atoms with Crippen LogP contribution in [0.15, 0.2) is 78.9 Å². The minimum Gasteiger partial charge on any atom is -0.497 e. The SMILES string of the molecule is CCCNC(=O)C(Cc1ccccc1)N(Cc1ccc(Cl)cc1)C(=O)CCCN(c1ccc(OC)cc1)S(C)(=O)=O. The third-order valence-electron chi connectivity index (χ3n) is 6.60. The molecule has 0 aromatic heterocycles. The molecule has 2 amide bonds. The molecule has 0 radical (unpaired) electrons. The maximum atomic E-state index is 13.8. The Labute approximate surface area is 248 Å². The van der Waals surface area contributed by atoms with Crippen LogP contribution in [0.4, 0.5) is 5.69 Å². The molecule has 0 saturated heterocycles. The molecular formula is C31H38ClN3O5S. The molecule has 10 heteroatoms. The Morgan fingerprint density at radius 3 is 2.20 bits per heavy atom. The number of sulfonamides is 1. The number of rotatable bonds is 15. The summed E-state index contributed by atoms with van der Waals surface area (Å²) in [5.74, 6) is 0.144. The van der Waals surface area contributed by atoms with Gasteiger partial charge in [0.1, 0.15) is 11.8 Å². The Bertz CT molecular complexity index is 1370. The fraction of sp³-hybridized carbons (Fsp3) is 0.355. The van der Waals surface area contributed by atoms with Gasteiger partial charge in [0.15, 0.2) is 0 Å². The van der Waals surface area contributed by atoms with E-state index < -0.39 is 16.1 Å². The molecule has 0 heterocycles. The Kier molecular flexibility index (Phi) is 12.0. The van der Waals surface area contributed by atoms with Gasteiger partial charge in [0.05, 0.1) is 19.1 Å². The zero-order valence-electron chi connectivity index (χ0n) is 23.8. The van der Waals surface area contributed by atoms with Crippen LogP contribution in [0.1, 0.15) is 37.3 Å². The molecule has 8 nitrogen and oxygen atoms in total. The Balaban J connectivity index is 1.85. The van der Waals surface area contributed by atoms with Crippen LogP contribution in [0.25, 0.3) is 0 Å². The summed E-state index contributed by atoms with van der Waals surface area (Å²) < 4.78 is 31.7. The van der Waals surface area contributed by atoms with Gasteiger partial charge in [-0.1, -0.05) is 61.0 Å². The molecule has 0 aliphatic rings. The van der Waals surface area contributed by atoms with E-state index in [0.717, 1.165) is 23.8 Å². The number of hydrogen-bond acceptors (Lipinski definition) is 5. The number of hydrogen-bond donors (Lipinski definition) is 1. The molecule has 3 aromatic carbocycles. The van der Waals surface area contributed by atoms with Crippen molar-refractivity contribution in [2.45, 2.75) is 45.2 Å². The predicted octanol–water partition coefficient (Wildman–Crippen LogP) is 5.06. The van der Waals surface area contributed by atoms with Gasteiger partial charge in [-0.3, -0.25) is 13.9 Å². The van der Waals surface area contributed by atoms with E-state index in [1.807, 2.05) is 49.4 Å². The highest BCUT2D eigenvalue weighted by molar-refractivity contribution is 7.92. The first-order valence-electron chi connectivity index (χ1n) is 13.6. The smallest absolute Gasteiger partial charge is 0.243 e. The van der Waals surface area contributed by atoms with Gasteiger partial charge in [0, 0.05) is 37.5 Å². The van der Waals surface area contributed by atoms with E-state index in [4.69, 9.17) is 16.3 Å². The Morgan fingerprint density at radius 2 is 1.61 bits per heavy atom. The molecule has 0 saturated carbocycles. The van der Waals surface area contributed by atoms with Crippen molar-refractivity contribution in [3.8, 4) is 5.75 Å². The summed E-state index contributed by atoms with van der Waals surface area (Å²) >= 11 is 6.09. The third-order valence-corrected chi connectivity index (χ3v) is 8.05. The van der Waals surface area contributed by atoms with E-state index >= 15 is 0 Å². The summed E-state index contributed by atoms with van der Waals surface area (Å²) in [6.45, 7) is 2.79. The van der Waals surface area contributed by atoms with Gasteiger partial charge in [-0.2, -0.15) is 0 Å². The Hall–Kier alpha value is -3.56. The van der Waals surface area contributed by atoms with Crippen LogP contribution in [0.2, 0.25) is 5.02 Å². The van der Waals surface area contributed by atoms with E-state index in [2.05, 4.69) is 5.32 Å². The van der Waals surface area contributed by atoms with E-state index in [1.165, 1.54) is 11.4 Å². The first kappa shape index (κ1) is 32.0. The van der Waals surface area contributed by atoms with Crippen molar-refractivity contribution >= 4 is 39.1 Å². The molecule has 220 valence electrons. The van der Waals surface area contributed by atoms with Gasteiger partial charge < -0.3 is 15.0 Å². The van der Waals surface area contributed by atoms with E-state index in [-0.39, 0.29) is 37.7 Å². The molecule has 3 aromatic rings. The number of nitrogens with one attached hydrogen (secondary N) is 1.